The summed E-state index contributed by atoms with van der Waals surface area (Å²) >= 11 is 0. The van der Waals surface area contributed by atoms with E-state index in [9.17, 15) is 14.0 Å². The van der Waals surface area contributed by atoms with Crippen LogP contribution < -0.4 is 10.6 Å². The summed E-state index contributed by atoms with van der Waals surface area (Å²) in [5.41, 5.74) is 3.14. The Hall–Kier alpha value is -2.73. The molecule has 2 aromatic carbocycles. The number of nitrogens with one attached hydrogen (secondary N) is 2. The van der Waals surface area contributed by atoms with Crippen LogP contribution in [0.4, 0.5) is 4.39 Å². The second-order valence-electron chi connectivity index (χ2n) is 6.69. The molecule has 2 N–H and O–H groups in total. The van der Waals surface area contributed by atoms with Crippen LogP contribution in [0, 0.1) is 5.82 Å². The van der Waals surface area contributed by atoms with Gasteiger partial charge in [0.1, 0.15) is 5.82 Å². The maximum Gasteiger partial charge on any atom is 0.251 e. The van der Waals surface area contributed by atoms with Gasteiger partial charge in [0.05, 0.1) is 6.54 Å². The lowest BCUT2D eigenvalue weighted by Gasteiger charge is -2.28. The lowest BCUT2D eigenvalue weighted by Crippen LogP contribution is -2.38. The Morgan fingerprint density at radius 2 is 1.74 bits per heavy atom. The molecule has 0 saturated heterocycles. The molecule has 0 unspecified atom stereocenters. The van der Waals surface area contributed by atoms with Gasteiger partial charge in [-0.15, -0.1) is 0 Å². The molecule has 0 saturated carbocycles. The summed E-state index contributed by atoms with van der Waals surface area (Å²) in [5, 5.41) is 5.35. The lowest BCUT2D eigenvalue weighted by atomic mass is 10.00. The predicted molar refractivity (Wildman–Crippen MR) is 102 cm³/mol. The monoisotopic (exact) mass is 369 g/mol. The fraction of sp³-hybridized carbons (Fsp3) is 0.333. The molecule has 0 aliphatic carbocycles. The number of amides is 2. The highest BCUT2D eigenvalue weighted by Gasteiger charge is 2.15. The van der Waals surface area contributed by atoms with Gasteiger partial charge in [0.25, 0.3) is 5.91 Å². The first-order valence-corrected chi connectivity index (χ1v) is 9.21. The number of halogens is 1. The Labute approximate surface area is 158 Å². The molecular formula is C21H24FN3O2. The van der Waals surface area contributed by atoms with Crippen molar-refractivity contribution < 1.29 is 14.0 Å². The van der Waals surface area contributed by atoms with Gasteiger partial charge in [-0.1, -0.05) is 24.3 Å². The summed E-state index contributed by atoms with van der Waals surface area (Å²) in [7, 11) is 0. The van der Waals surface area contributed by atoms with Gasteiger partial charge in [0, 0.05) is 31.7 Å². The third kappa shape index (κ3) is 5.62. The molecule has 0 radical (unpaired) electrons. The molecular weight excluding hydrogens is 345 g/mol. The van der Waals surface area contributed by atoms with E-state index < -0.39 is 11.7 Å². The summed E-state index contributed by atoms with van der Waals surface area (Å²) in [6.45, 7) is 3.41. The number of hydrogen-bond acceptors (Lipinski definition) is 3. The smallest absolute Gasteiger partial charge is 0.251 e. The van der Waals surface area contributed by atoms with Crippen LogP contribution in [0.25, 0.3) is 0 Å². The summed E-state index contributed by atoms with van der Waals surface area (Å²) in [4.78, 5) is 26.1. The number of benzene rings is 2. The van der Waals surface area contributed by atoms with E-state index in [1.54, 1.807) is 0 Å². The normalized spacial score (nSPS) is 13.7. The first kappa shape index (κ1) is 19.0. The van der Waals surface area contributed by atoms with Crippen LogP contribution in [0.1, 0.15) is 27.9 Å². The molecule has 1 heterocycles. The van der Waals surface area contributed by atoms with Crippen molar-refractivity contribution in [3.05, 3.63) is 71.0 Å². The van der Waals surface area contributed by atoms with Crippen LogP contribution in [0.2, 0.25) is 0 Å². The van der Waals surface area contributed by atoms with Crippen LogP contribution in [-0.4, -0.2) is 42.9 Å². The van der Waals surface area contributed by atoms with Crippen molar-refractivity contribution in [3.8, 4) is 0 Å². The fourth-order valence-electron chi connectivity index (χ4n) is 3.20. The van der Waals surface area contributed by atoms with Crippen molar-refractivity contribution >= 4 is 11.8 Å². The van der Waals surface area contributed by atoms with Crippen LogP contribution in [-0.2, 0) is 17.8 Å². The Bertz CT molecular complexity index is 792. The van der Waals surface area contributed by atoms with E-state index in [1.807, 2.05) is 0 Å². The summed E-state index contributed by atoms with van der Waals surface area (Å²) in [6.07, 6.45) is 1.93. The van der Waals surface area contributed by atoms with Gasteiger partial charge in [-0.25, -0.2) is 4.39 Å². The van der Waals surface area contributed by atoms with Crippen molar-refractivity contribution in [2.45, 2.75) is 19.4 Å². The molecule has 1 aliphatic heterocycles. The highest BCUT2D eigenvalue weighted by Crippen LogP contribution is 2.18. The largest absolute Gasteiger partial charge is 0.355 e. The molecule has 2 amide bonds. The van der Waals surface area contributed by atoms with Gasteiger partial charge < -0.3 is 10.6 Å². The van der Waals surface area contributed by atoms with Crippen molar-refractivity contribution in [2.75, 3.05) is 26.2 Å². The first-order chi connectivity index (χ1) is 13.1. The highest BCUT2D eigenvalue weighted by atomic mass is 19.1. The molecule has 5 nitrogen and oxygen atoms in total. The average molecular weight is 369 g/mol. The van der Waals surface area contributed by atoms with Gasteiger partial charge in [0.2, 0.25) is 5.91 Å². The molecule has 0 fully saturated rings. The van der Waals surface area contributed by atoms with E-state index >= 15 is 0 Å². The lowest BCUT2D eigenvalue weighted by molar-refractivity contribution is -0.120. The Morgan fingerprint density at radius 1 is 1.00 bits per heavy atom. The second-order valence-corrected chi connectivity index (χ2v) is 6.69. The molecule has 0 spiro atoms. The zero-order valence-corrected chi connectivity index (χ0v) is 15.2. The molecule has 27 heavy (non-hydrogen) atoms. The van der Waals surface area contributed by atoms with E-state index in [4.69, 9.17) is 0 Å². The minimum Gasteiger partial charge on any atom is -0.355 e. The molecule has 3 rings (SSSR count). The van der Waals surface area contributed by atoms with Crippen molar-refractivity contribution in [1.82, 2.24) is 15.5 Å². The third-order valence-corrected chi connectivity index (χ3v) is 4.70. The minimum atomic E-state index is -0.401. The summed E-state index contributed by atoms with van der Waals surface area (Å²) in [5.74, 6) is -1.02. The number of carbonyl (C=O) groups is 2. The third-order valence-electron chi connectivity index (χ3n) is 4.70. The molecule has 0 atom stereocenters. The standard InChI is InChI=1S/C21H24FN3O2/c22-19-8-6-17(7-9-19)21(27)24-14-20(26)23-11-3-12-25-13-10-16-4-1-2-5-18(16)15-25/h1-2,4-9H,3,10-15H2,(H,23,26)(H,24,27). The minimum absolute atomic E-state index is 0.0900. The Kier molecular flexibility index (Phi) is 6.54. The van der Waals surface area contributed by atoms with Crippen molar-refractivity contribution in [3.63, 3.8) is 0 Å². The topological polar surface area (TPSA) is 61.4 Å². The number of nitrogens with zero attached hydrogens (tertiary/aromatic N) is 1. The first-order valence-electron chi connectivity index (χ1n) is 9.21. The van der Waals surface area contributed by atoms with Gasteiger partial charge in [0.15, 0.2) is 0 Å². The van der Waals surface area contributed by atoms with Gasteiger partial charge >= 0.3 is 0 Å². The van der Waals surface area contributed by atoms with Crippen LogP contribution in [0.15, 0.2) is 48.5 Å². The number of hydrogen-bond donors (Lipinski definition) is 2. The number of fused-ring (bicyclic) bond motifs is 1. The fourth-order valence-corrected chi connectivity index (χ4v) is 3.20. The van der Waals surface area contributed by atoms with Crippen LogP contribution in [0.5, 0.6) is 0 Å². The van der Waals surface area contributed by atoms with E-state index in [2.05, 4.69) is 39.8 Å². The molecule has 1 aliphatic rings. The summed E-state index contributed by atoms with van der Waals surface area (Å²) in [6, 6.07) is 13.7. The maximum atomic E-state index is 12.8. The van der Waals surface area contributed by atoms with Crippen LogP contribution in [0.3, 0.4) is 0 Å². The number of rotatable bonds is 7. The van der Waals surface area contributed by atoms with Gasteiger partial charge in [-0.2, -0.15) is 0 Å². The zero-order chi connectivity index (χ0) is 19.1. The molecule has 142 valence electrons. The molecule has 0 bridgehead atoms. The van der Waals surface area contributed by atoms with Gasteiger partial charge in [-0.3, -0.25) is 14.5 Å². The maximum absolute atomic E-state index is 12.8. The summed E-state index contributed by atoms with van der Waals surface area (Å²) < 4.78 is 12.8. The van der Waals surface area contributed by atoms with Gasteiger partial charge in [-0.05, 0) is 48.2 Å². The Morgan fingerprint density at radius 3 is 2.52 bits per heavy atom. The highest BCUT2D eigenvalue weighted by molar-refractivity contribution is 5.96. The zero-order valence-electron chi connectivity index (χ0n) is 15.2. The SMILES string of the molecule is O=C(CNC(=O)c1ccc(F)cc1)NCCCN1CCc2ccccc2C1. The van der Waals surface area contributed by atoms with Crippen molar-refractivity contribution in [2.24, 2.45) is 0 Å². The molecule has 2 aromatic rings. The van der Waals surface area contributed by atoms with E-state index in [0.29, 0.717) is 12.1 Å². The number of carbonyl (C=O) groups excluding carboxylic acids is 2. The quantitative estimate of drug-likeness (QED) is 0.735. The molecule has 6 heteroatoms. The molecule has 0 aromatic heterocycles. The predicted octanol–water partition coefficient (Wildman–Crippen LogP) is 2.12. The van der Waals surface area contributed by atoms with E-state index in [-0.39, 0.29) is 12.5 Å². The average Bonchev–Trinajstić information content (AvgIpc) is 2.70. The van der Waals surface area contributed by atoms with Crippen molar-refractivity contribution in [1.29, 1.82) is 0 Å². The van der Waals surface area contributed by atoms with Crippen LogP contribution >= 0.6 is 0 Å². The van der Waals surface area contributed by atoms with E-state index in [0.717, 1.165) is 32.5 Å². The second kappa shape index (κ2) is 9.28. The Balaban J connectivity index is 1.31. The van der Waals surface area contributed by atoms with E-state index in [1.165, 1.54) is 35.4 Å².